The highest BCUT2D eigenvalue weighted by atomic mass is 35.5. The summed E-state index contributed by atoms with van der Waals surface area (Å²) in [5, 5.41) is 2.40. The van der Waals surface area contributed by atoms with Gasteiger partial charge in [-0.2, -0.15) is 21.6 Å². The van der Waals surface area contributed by atoms with Crippen molar-refractivity contribution in [1.29, 1.82) is 0 Å². The summed E-state index contributed by atoms with van der Waals surface area (Å²) in [6.07, 6.45) is 0. The van der Waals surface area contributed by atoms with Gasteiger partial charge in [0.05, 0.1) is 0 Å². The molecule has 23 heavy (non-hydrogen) atoms. The summed E-state index contributed by atoms with van der Waals surface area (Å²) in [6, 6.07) is 12.5. The number of alkyl halides is 3. The lowest BCUT2D eigenvalue weighted by Gasteiger charge is -2.13. The Morgan fingerprint density at radius 2 is 1.57 bits per heavy atom. The van der Waals surface area contributed by atoms with E-state index in [1.54, 1.807) is 30.3 Å². The summed E-state index contributed by atoms with van der Waals surface area (Å²) < 4.78 is 64.6. The van der Waals surface area contributed by atoms with Crippen LogP contribution < -0.4 is 4.18 Å². The number of hydrogen-bond acceptors (Lipinski definition) is 3. The fourth-order valence-electron chi connectivity index (χ4n) is 2.28. The highest BCUT2D eigenvalue weighted by molar-refractivity contribution is 7.88. The van der Waals surface area contributed by atoms with Crippen LogP contribution in [0.2, 0.25) is 5.02 Å². The molecule has 3 rings (SSSR count). The lowest BCUT2D eigenvalue weighted by molar-refractivity contribution is -0.0499. The van der Waals surface area contributed by atoms with E-state index < -0.39 is 21.4 Å². The summed E-state index contributed by atoms with van der Waals surface area (Å²) in [4.78, 5) is 0. The summed E-state index contributed by atoms with van der Waals surface area (Å²) in [5.74, 6) is -0.396. The van der Waals surface area contributed by atoms with Crippen molar-refractivity contribution in [3.8, 4) is 5.75 Å². The van der Waals surface area contributed by atoms with Crippen molar-refractivity contribution in [2.24, 2.45) is 0 Å². The molecule has 0 atom stereocenters. The predicted molar refractivity (Wildman–Crippen MR) is 82.1 cm³/mol. The molecule has 0 fully saturated rings. The molecule has 0 aliphatic heterocycles. The molecule has 8 heteroatoms. The largest absolute Gasteiger partial charge is 0.534 e. The summed E-state index contributed by atoms with van der Waals surface area (Å²) in [5.41, 5.74) is -5.50. The van der Waals surface area contributed by atoms with E-state index in [0.717, 1.165) is 5.39 Å². The Kier molecular flexibility index (Phi) is 3.65. The van der Waals surface area contributed by atoms with Crippen LogP contribution in [0.25, 0.3) is 21.5 Å². The molecule has 120 valence electrons. The van der Waals surface area contributed by atoms with Crippen molar-refractivity contribution in [1.82, 2.24) is 0 Å². The highest BCUT2D eigenvalue weighted by Gasteiger charge is 2.48. The van der Waals surface area contributed by atoms with E-state index in [0.29, 0.717) is 15.8 Å². The average molecular weight is 361 g/mol. The molecule has 0 N–H and O–H groups in total. The number of hydrogen-bond donors (Lipinski definition) is 0. The Morgan fingerprint density at radius 1 is 0.913 bits per heavy atom. The minimum atomic E-state index is -5.75. The molecule has 0 aliphatic carbocycles. The molecule has 3 aromatic rings. The van der Waals surface area contributed by atoms with Crippen molar-refractivity contribution >= 4 is 43.3 Å². The zero-order chi connectivity index (χ0) is 16.8. The molecule has 0 saturated carbocycles. The number of benzene rings is 3. The van der Waals surface area contributed by atoms with Gasteiger partial charge in [-0.1, -0.05) is 41.9 Å². The smallest absolute Gasteiger partial charge is 0.375 e. The van der Waals surface area contributed by atoms with Gasteiger partial charge in [-0.25, -0.2) is 0 Å². The molecule has 0 radical (unpaired) electrons. The fraction of sp³-hybridized carbons (Fsp3) is 0.0667. The van der Waals surface area contributed by atoms with Crippen LogP contribution in [0.4, 0.5) is 13.2 Å². The van der Waals surface area contributed by atoms with Crippen molar-refractivity contribution in [2.75, 3.05) is 0 Å². The predicted octanol–water partition coefficient (Wildman–Crippen LogP) is 4.87. The van der Waals surface area contributed by atoms with Crippen LogP contribution in [0.1, 0.15) is 0 Å². The summed E-state index contributed by atoms with van der Waals surface area (Å²) in [7, 11) is -5.75. The van der Waals surface area contributed by atoms with E-state index in [9.17, 15) is 21.6 Å². The maximum Gasteiger partial charge on any atom is 0.534 e. The first kappa shape index (κ1) is 15.9. The molecular formula is C15H8ClF3O3S. The Balaban J connectivity index is 2.31. The standard InChI is InChI=1S/C15H8ClF3O3S/c16-10-5-6-11-9(7-10)8-14(13-4-2-1-3-12(11)13)22-23(20,21)15(17,18)19/h1-8H. The zero-order valence-corrected chi connectivity index (χ0v) is 12.8. The average Bonchev–Trinajstić information content (AvgIpc) is 2.45. The molecule has 0 spiro atoms. The monoisotopic (exact) mass is 360 g/mol. The molecule has 0 aliphatic rings. The molecule has 0 bridgehead atoms. The Morgan fingerprint density at radius 3 is 2.22 bits per heavy atom. The van der Waals surface area contributed by atoms with Crippen molar-refractivity contribution < 1.29 is 25.8 Å². The maximum atomic E-state index is 12.6. The van der Waals surface area contributed by atoms with E-state index in [1.807, 2.05) is 0 Å². The molecule has 0 saturated heterocycles. The topological polar surface area (TPSA) is 43.4 Å². The van der Waals surface area contributed by atoms with Gasteiger partial charge >= 0.3 is 15.6 Å². The third kappa shape index (κ3) is 2.82. The number of halogens is 4. The lowest BCUT2D eigenvalue weighted by Crippen LogP contribution is -2.28. The van der Waals surface area contributed by atoms with Crippen molar-refractivity contribution in [2.45, 2.75) is 5.51 Å². The minimum Gasteiger partial charge on any atom is -0.375 e. The second kappa shape index (κ2) is 5.28. The van der Waals surface area contributed by atoms with E-state index >= 15 is 0 Å². The quantitative estimate of drug-likeness (QED) is 0.372. The minimum absolute atomic E-state index is 0.259. The molecule has 0 amide bonds. The first-order chi connectivity index (χ1) is 10.7. The lowest BCUT2D eigenvalue weighted by atomic mass is 10.0. The van der Waals surface area contributed by atoms with Gasteiger partial charge in [0.1, 0.15) is 0 Å². The van der Waals surface area contributed by atoms with Gasteiger partial charge in [0.2, 0.25) is 0 Å². The van der Waals surface area contributed by atoms with Crippen LogP contribution in [0.5, 0.6) is 5.75 Å². The summed E-state index contributed by atoms with van der Waals surface area (Å²) >= 11 is 5.89. The first-order valence-electron chi connectivity index (χ1n) is 6.31. The SMILES string of the molecule is O=S(=O)(Oc1cc2cc(Cl)ccc2c2ccccc12)C(F)(F)F. The van der Waals surface area contributed by atoms with Crippen LogP contribution in [-0.4, -0.2) is 13.9 Å². The van der Waals surface area contributed by atoms with Gasteiger partial charge in [0, 0.05) is 10.4 Å². The van der Waals surface area contributed by atoms with Gasteiger partial charge in [0.25, 0.3) is 0 Å². The fourth-order valence-corrected chi connectivity index (χ4v) is 2.93. The third-order valence-electron chi connectivity index (χ3n) is 3.27. The highest BCUT2D eigenvalue weighted by Crippen LogP contribution is 2.37. The zero-order valence-electron chi connectivity index (χ0n) is 11.3. The van der Waals surface area contributed by atoms with Crippen LogP contribution in [0.3, 0.4) is 0 Å². The number of fused-ring (bicyclic) bond motifs is 3. The van der Waals surface area contributed by atoms with Gasteiger partial charge in [0.15, 0.2) is 5.75 Å². The molecule has 3 aromatic carbocycles. The van der Waals surface area contributed by atoms with Crippen molar-refractivity contribution in [3.63, 3.8) is 0 Å². The Bertz CT molecular complexity index is 1010. The van der Waals surface area contributed by atoms with E-state index in [2.05, 4.69) is 4.18 Å². The Labute approximate surface area is 134 Å². The summed E-state index contributed by atoms with van der Waals surface area (Å²) in [6.45, 7) is 0. The molecular weight excluding hydrogens is 353 g/mol. The molecule has 3 nitrogen and oxygen atoms in total. The van der Waals surface area contributed by atoms with Crippen molar-refractivity contribution in [3.05, 3.63) is 53.6 Å². The molecule has 0 heterocycles. The third-order valence-corrected chi connectivity index (χ3v) is 4.47. The molecule has 0 unspecified atom stereocenters. The number of rotatable bonds is 2. The maximum absolute atomic E-state index is 12.6. The second-order valence-electron chi connectivity index (χ2n) is 4.77. The van der Waals surface area contributed by atoms with Gasteiger partial charge in [-0.15, -0.1) is 0 Å². The Hall–Kier alpha value is -1.99. The first-order valence-corrected chi connectivity index (χ1v) is 8.09. The van der Waals surface area contributed by atoms with Gasteiger partial charge in [-0.3, -0.25) is 0 Å². The van der Waals surface area contributed by atoms with Gasteiger partial charge in [-0.05, 0) is 34.4 Å². The normalized spacial score (nSPS) is 12.7. The van der Waals surface area contributed by atoms with E-state index in [1.165, 1.54) is 18.2 Å². The van der Waals surface area contributed by atoms with E-state index in [4.69, 9.17) is 11.6 Å². The van der Waals surface area contributed by atoms with E-state index in [-0.39, 0.29) is 5.39 Å². The molecule has 0 aromatic heterocycles. The van der Waals surface area contributed by atoms with Crippen LogP contribution in [0, 0.1) is 0 Å². The van der Waals surface area contributed by atoms with Crippen LogP contribution in [-0.2, 0) is 10.1 Å². The van der Waals surface area contributed by atoms with Crippen LogP contribution >= 0.6 is 11.6 Å². The second-order valence-corrected chi connectivity index (χ2v) is 6.74. The van der Waals surface area contributed by atoms with Gasteiger partial charge < -0.3 is 4.18 Å². The van der Waals surface area contributed by atoms with Crippen LogP contribution in [0.15, 0.2) is 48.5 Å².